The van der Waals surface area contributed by atoms with Crippen molar-refractivity contribution in [1.29, 1.82) is 0 Å². The van der Waals surface area contributed by atoms with E-state index >= 15 is 0 Å². The van der Waals surface area contributed by atoms with Crippen LogP contribution in [0.25, 0.3) is 0 Å². The molecular weight excluding hydrogens is 324 g/mol. The van der Waals surface area contributed by atoms with E-state index in [-0.39, 0.29) is 11.7 Å². The van der Waals surface area contributed by atoms with E-state index < -0.39 is 5.63 Å². The Bertz CT molecular complexity index is 925. The van der Waals surface area contributed by atoms with Crippen LogP contribution in [-0.2, 0) is 12.8 Å². The van der Waals surface area contributed by atoms with Gasteiger partial charge in [0.25, 0.3) is 0 Å². The molecule has 1 aromatic heterocycles. The Hall–Kier alpha value is -2.81. The van der Waals surface area contributed by atoms with Crippen molar-refractivity contribution in [3.8, 4) is 5.75 Å². The van der Waals surface area contributed by atoms with Crippen LogP contribution in [0.15, 0.2) is 75.9 Å². The van der Waals surface area contributed by atoms with Crippen molar-refractivity contribution in [3.63, 3.8) is 0 Å². The first-order valence-electron chi connectivity index (χ1n) is 9.17. The molecule has 0 saturated heterocycles. The highest BCUT2D eigenvalue weighted by atomic mass is 16.4. The lowest BCUT2D eigenvalue weighted by Gasteiger charge is -2.17. The third-order valence-corrected chi connectivity index (χ3v) is 5.08. The highest BCUT2D eigenvalue weighted by molar-refractivity contribution is 5.41. The van der Waals surface area contributed by atoms with E-state index in [4.69, 9.17) is 4.42 Å². The van der Waals surface area contributed by atoms with E-state index in [1.165, 1.54) is 5.56 Å². The molecule has 26 heavy (non-hydrogen) atoms. The second-order valence-electron chi connectivity index (χ2n) is 7.01. The average molecular weight is 346 g/mol. The first kappa shape index (κ1) is 16.6. The standard InChI is InChI=1S/C23H22O3/c24-20-15-19(14-11-16-7-3-1-4-8-16)26-23(25)22(20)21(18-12-13-18)17-9-5-2-6-10-17/h1-10,15,18,21,24H,11-14H2. The summed E-state index contributed by atoms with van der Waals surface area (Å²) >= 11 is 0. The van der Waals surface area contributed by atoms with Gasteiger partial charge in [-0.3, -0.25) is 0 Å². The summed E-state index contributed by atoms with van der Waals surface area (Å²) in [5, 5.41) is 10.6. The van der Waals surface area contributed by atoms with Gasteiger partial charge in [-0.05, 0) is 36.3 Å². The van der Waals surface area contributed by atoms with Gasteiger partial charge in [0.05, 0.1) is 5.56 Å². The van der Waals surface area contributed by atoms with Crippen molar-refractivity contribution in [2.24, 2.45) is 5.92 Å². The molecule has 0 radical (unpaired) electrons. The van der Waals surface area contributed by atoms with Gasteiger partial charge in [0, 0.05) is 18.4 Å². The molecule has 3 heteroatoms. The predicted octanol–water partition coefficient (Wildman–Crippen LogP) is 4.67. The van der Waals surface area contributed by atoms with Gasteiger partial charge in [0.15, 0.2) is 0 Å². The molecule has 1 aliphatic rings. The summed E-state index contributed by atoms with van der Waals surface area (Å²) in [5.74, 6) is 0.907. The van der Waals surface area contributed by atoms with Gasteiger partial charge in [0.1, 0.15) is 11.5 Å². The molecule has 1 heterocycles. The molecule has 1 unspecified atom stereocenters. The van der Waals surface area contributed by atoms with Gasteiger partial charge in [-0.15, -0.1) is 0 Å². The van der Waals surface area contributed by atoms with Crippen molar-refractivity contribution in [3.05, 3.63) is 99.6 Å². The van der Waals surface area contributed by atoms with Gasteiger partial charge in [-0.2, -0.15) is 0 Å². The Labute approximate surface area is 152 Å². The van der Waals surface area contributed by atoms with Crippen LogP contribution >= 0.6 is 0 Å². The molecule has 1 aliphatic carbocycles. The van der Waals surface area contributed by atoms with E-state index in [0.29, 0.717) is 23.7 Å². The quantitative estimate of drug-likeness (QED) is 0.705. The summed E-state index contributed by atoms with van der Waals surface area (Å²) in [5.41, 5.74) is 2.24. The molecule has 1 atom stereocenters. The number of hydrogen-bond donors (Lipinski definition) is 1. The lowest BCUT2D eigenvalue weighted by Crippen LogP contribution is -2.16. The minimum atomic E-state index is -0.409. The molecule has 132 valence electrons. The number of aromatic hydroxyl groups is 1. The summed E-state index contributed by atoms with van der Waals surface area (Å²) in [4.78, 5) is 12.7. The van der Waals surface area contributed by atoms with E-state index in [1.807, 2.05) is 60.7 Å². The van der Waals surface area contributed by atoms with Crippen LogP contribution in [-0.4, -0.2) is 5.11 Å². The maximum Gasteiger partial charge on any atom is 0.343 e. The highest BCUT2D eigenvalue weighted by Gasteiger charge is 2.37. The largest absolute Gasteiger partial charge is 0.507 e. The zero-order valence-corrected chi connectivity index (χ0v) is 14.6. The van der Waals surface area contributed by atoms with Gasteiger partial charge in [-0.25, -0.2) is 4.79 Å². The van der Waals surface area contributed by atoms with Gasteiger partial charge < -0.3 is 9.52 Å². The van der Waals surface area contributed by atoms with Crippen LogP contribution in [0.1, 0.15) is 41.2 Å². The normalized spacial score (nSPS) is 14.9. The summed E-state index contributed by atoms with van der Waals surface area (Å²) in [6.07, 6.45) is 3.52. The number of rotatable bonds is 6. The maximum atomic E-state index is 12.7. The third kappa shape index (κ3) is 3.57. The molecule has 1 fully saturated rings. The number of benzene rings is 2. The molecule has 4 rings (SSSR count). The molecule has 1 saturated carbocycles. The van der Waals surface area contributed by atoms with Gasteiger partial charge >= 0.3 is 5.63 Å². The SMILES string of the molecule is O=c1oc(CCc2ccccc2)cc(O)c1C(c1ccccc1)C1CC1. The average Bonchev–Trinajstić information content (AvgIpc) is 3.49. The molecule has 3 aromatic rings. The maximum absolute atomic E-state index is 12.7. The predicted molar refractivity (Wildman–Crippen MR) is 102 cm³/mol. The van der Waals surface area contributed by atoms with Crippen LogP contribution in [0, 0.1) is 5.92 Å². The number of hydrogen-bond acceptors (Lipinski definition) is 3. The van der Waals surface area contributed by atoms with E-state index in [2.05, 4.69) is 0 Å². The minimum absolute atomic E-state index is 0.0602. The van der Waals surface area contributed by atoms with E-state index in [9.17, 15) is 9.90 Å². The van der Waals surface area contributed by atoms with E-state index in [1.54, 1.807) is 6.07 Å². The number of aryl methyl sites for hydroxylation is 2. The molecule has 2 aromatic carbocycles. The fraction of sp³-hybridized carbons (Fsp3) is 0.261. The zero-order valence-electron chi connectivity index (χ0n) is 14.6. The molecule has 0 amide bonds. The fourth-order valence-electron chi connectivity index (χ4n) is 3.62. The summed E-state index contributed by atoms with van der Waals surface area (Å²) in [6, 6.07) is 21.6. The van der Waals surface area contributed by atoms with Crippen molar-refractivity contribution in [2.75, 3.05) is 0 Å². The molecule has 3 nitrogen and oxygen atoms in total. The summed E-state index contributed by atoms with van der Waals surface area (Å²) in [6.45, 7) is 0. The Morgan fingerprint density at radius 1 is 0.962 bits per heavy atom. The second-order valence-corrected chi connectivity index (χ2v) is 7.01. The Kier molecular flexibility index (Phi) is 4.61. The lowest BCUT2D eigenvalue weighted by molar-refractivity contribution is 0.404. The molecule has 0 bridgehead atoms. The molecule has 0 spiro atoms. The van der Waals surface area contributed by atoms with Gasteiger partial charge in [0.2, 0.25) is 0 Å². The van der Waals surface area contributed by atoms with E-state index in [0.717, 1.165) is 24.8 Å². The smallest absolute Gasteiger partial charge is 0.343 e. The minimum Gasteiger partial charge on any atom is -0.507 e. The Balaban J connectivity index is 1.62. The Morgan fingerprint density at radius 3 is 2.23 bits per heavy atom. The van der Waals surface area contributed by atoms with Crippen LogP contribution in [0.2, 0.25) is 0 Å². The van der Waals surface area contributed by atoms with Crippen molar-refractivity contribution >= 4 is 0 Å². The molecule has 0 aliphatic heterocycles. The van der Waals surface area contributed by atoms with Crippen LogP contribution in [0.3, 0.4) is 0 Å². The summed E-state index contributed by atoms with van der Waals surface area (Å²) < 4.78 is 5.58. The van der Waals surface area contributed by atoms with Crippen LogP contribution in [0.4, 0.5) is 0 Å². The van der Waals surface area contributed by atoms with Gasteiger partial charge in [-0.1, -0.05) is 60.7 Å². The fourth-order valence-corrected chi connectivity index (χ4v) is 3.62. The first-order valence-corrected chi connectivity index (χ1v) is 9.17. The monoisotopic (exact) mass is 346 g/mol. The third-order valence-electron chi connectivity index (χ3n) is 5.08. The van der Waals surface area contributed by atoms with Crippen LogP contribution in [0.5, 0.6) is 5.75 Å². The topological polar surface area (TPSA) is 50.4 Å². The van der Waals surface area contributed by atoms with Crippen molar-refractivity contribution < 1.29 is 9.52 Å². The Morgan fingerprint density at radius 2 is 1.62 bits per heavy atom. The zero-order chi connectivity index (χ0) is 17.9. The van der Waals surface area contributed by atoms with Crippen LogP contribution < -0.4 is 5.63 Å². The first-order chi connectivity index (χ1) is 12.7. The van der Waals surface area contributed by atoms with Crippen molar-refractivity contribution in [1.82, 2.24) is 0 Å². The summed E-state index contributed by atoms with van der Waals surface area (Å²) in [7, 11) is 0. The molecular formula is C23H22O3. The second kappa shape index (κ2) is 7.20. The highest BCUT2D eigenvalue weighted by Crippen LogP contribution is 2.47. The van der Waals surface area contributed by atoms with Crippen molar-refractivity contribution in [2.45, 2.75) is 31.6 Å². The lowest BCUT2D eigenvalue weighted by atomic mass is 9.87. The molecule has 1 N–H and O–H groups in total.